The zero-order valence-corrected chi connectivity index (χ0v) is 16.8. The number of carboxylic acids is 1. The predicted octanol–water partition coefficient (Wildman–Crippen LogP) is 5.61. The van der Waals surface area contributed by atoms with Crippen LogP contribution in [0.3, 0.4) is 0 Å². The molecule has 0 saturated heterocycles. The van der Waals surface area contributed by atoms with Gasteiger partial charge >= 0.3 is 5.97 Å². The second-order valence-corrected chi connectivity index (χ2v) is 7.65. The highest BCUT2D eigenvalue weighted by atomic mass is 19.1. The third kappa shape index (κ3) is 3.61. The van der Waals surface area contributed by atoms with E-state index in [1.54, 1.807) is 24.3 Å². The number of aromatic nitrogens is 2. The van der Waals surface area contributed by atoms with Gasteiger partial charge in [-0.25, -0.2) is 19.2 Å². The van der Waals surface area contributed by atoms with E-state index < -0.39 is 5.97 Å². The van der Waals surface area contributed by atoms with Crippen LogP contribution in [0.4, 0.5) is 15.9 Å². The SMILES string of the molecule is O=C(O)c1ccc2nc(-c3ccc(F)cc3)c(N3CCCCc4ccccc43)nc2c1. The van der Waals surface area contributed by atoms with E-state index in [4.69, 9.17) is 9.97 Å². The highest BCUT2D eigenvalue weighted by molar-refractivity contribution is 5.94. The van der Waals surface area contributed by atoms with Gasteiger partial charge in [-0.2, -0.15) is 0 Å². The summed E-state index contributed by atoms with van der Waals surface area (Å²) in [7, 11) is 0. The molecule has 0 aliphatic carbocycles. The zero-order chi connectivity index (χ0) is 21.4. The molecule has 0 saturated carbocycles. The zero-order valence-electron chi connectivity index (χ0n) is 16.8. The van der Waals surface area contributed by atoms with Crippen LogP contribution in [0.15, 0.2) is 66.7 Å². The number of hydrogen-bond acceptors (Lipinski definition) is 4. The Labute approximate surface area is 178 Å². The first-order valence-electron chi connectivity index (χ1n) is 10.3. The predicted molar refractivity (Wildman–Crippen MR) is 118 cm³/mol. The maximum Gasteiger partial charge on any atom is 0.335 e. The number of aromatic carboxylic acids is 1. The van der Waals surface area contributed by atoms with Crippen molar-refractivity contribution in [2.45, 2.75) is 19.3 Å². The minimum atomic E-state index is -1.01. The Balaban J connectivity index is 1.77. The Morgan fingerprint density at radius 1 is 0.935 bits per heavy atom. The fourth-order valence-electron chi connectivity index (χ4n) is 4.08. The van der Waals surface area contributed by atoms with Crippen molar-refractivity contribution in [3.63, 3.8) is 0 Å². The van der Waals surface area contributed by atoms with Crippen LogP contribution in [0.25, 0.3) is 22.3 Å². The first kappa shape index (κ1) is 19.2. The van der Waals surface area contributed by atoms with E-state index in [0.717, 1.165) is 37.1 Å². The van der Waals surface area contributed by atoms with Crippen LogP contribution >= 0.6 is 0 Å². The maximum atomic E-state index is 13.6. The first-order chi connectivity index (χ1) is 15.1. The van der Waals surface area contributed by atoms with Gasteiger partial charge in [0.2, 0.25) is 0 Å². The van der Waals surface area contributed by atoms with Gasteiger partial charge in [-0.3, -0.25) is 0 Å². The van der Waals surface area contributed by atoms with E-state index in [-0.39, 0.29) is 11.4 Å². The standard InChI is InChI=1S/C25H20FN3O2/c26-19-11-8-17(9-12-19)23-24(28-21-15-18(25(30)31)10-13-20(21)27-23)29-14-4-3-6-16-5-1-2-7-22(16)29/h1-2,5,7-13,15H,3-4,6,14H2,(H,30,31). The molecule has 1 aliphatic heterocycles. The molecule has 0 spiro atoms. The van der Waals surface area contributed by atoms with E-state index >= 15 is 0 Å². The van der Waals surface area contributed by atoms with Gasteiger partial charge in [0.05, 0.1) is 16.6 Å². The quantitative estimate of drug-likeness (QED) is 0.473. The van der Waals surface area contributed by atoms with Crippen molar-refractivity contribution in [3.8, 4) is 11.3 Å². The minimum absolute atomic E-state index is 0.165. The molecule has 1 aliphatic rings. The molecule has 3 aromatic carbocycles. The number of carbonyl (C=O) groups is 1. The number of fused-ring (bicyclic) bond motifs is 2. The normalized spacial score (nSPS) is 13.6. The van der Waals surface area contributed by atoms with Gasteiger partial charge in [0.1, 0.15) is 11.5 Å². The molecule has 0 radical (unpaired) electrons. The summed E-state index contributed by atoms with van der Waals surface area (Å²) >= 11 is 0. The Morgan fingerprint density at radius 2 is 1.74 bits per heavy atom. The molecule has 1 N–H and O–H groups in total. The fraction of sp³-hybridized carbons (Fsp3) is 0.160. The summed E-state index contributed by atoms with van der Waals surface area (Å²) in [5.74, 6) is -0.672. The molecule has 154 valence electrons. The maximum absolute atomic E-state index is 13.6. The lowest BCUT2D eigenvalue weighted by Crippen LogP contribution is -2.20. The number of aryl methyl sites for hydroxylation is 1. The molecule has 0 atom stereocenters. The number of nitrogens with zero attached hydrogens (tertiary/aromatic N) is 3. The summed E-state index contributed by atoms with van der Waals surface area (Å²) in [4.78, 5) is 23.3. The average Bonchev–Trinajstić information content (AvgIpc) is 3.01. The molecule has 0 unspecified atom stereocenters. The molecular formula is C25H20FN3O2. The molecule has 1 aromatic heterocycles. The molecule has 5 nitrogen and oxygen atoms in total. The van der Waals surface area contributed by atoms with Crippen LogP contribution in [-0.2, 0) is 6.42 Å². The number of rotatable bonds is 3. The van der Waals surface area contributed by atoms with Gasteiger partial charge in [-0.15, -0.1) is 0 Å². The molecule has 2 heterocycles. The van der Waals surface area contributed by atoms with E-state index in [0.29, 0.717) is 22.5 Å². The molecule has 6 heteroatoms. The van der Waals surface area contributed by atoms with E-state index in [2.05, 4.69) is 17.0 Å². The number of hydrogen-bond donors (Lipinski definition) is 1. The van der Waals surface area contributed by atoms with Gasteiger partial charge in [0, 0.05) is 17.8 Å². The summed E-state index contributed by atoms with van der Waals surface area (Å²) in [5.41, 5.74) is 5.00. The van der Waals surface area contributed by atoms with Crippen LogP contribution in [0.1, 0.15) is 28.8 Å². The summed E-state index contributed by atoms with van der Waals surface area (Å²) in [6.45, 7) is 0.768. The van der Waals surface area contributed by atoms with Crippen molar-refractivity contribution in [2.24, 2.45) is 0 Å². The van der Waals surface area contributed by atoms with Crippen molar-refractivity contribution in [1.29, 1.82) is 0 Å². The Hall–Kier alpha value is -3.80. The second kappa shape index (κ2) is 7.80. The van der Waals surface area contributed by atoms with Crippen molar-refractivity contribution < 1.29 is 14.3 Å². The lowest BCUT2D eigenvalue weighted by molar-refractivity contribution is 0.0697. The van der Waals surface area contributed by atoms with Gasteiger partial charge in [-0.05, 0) is 73.4 Å². The molecule has 0 amide bonds. The largest absolute Gasteiger partial charge is 0.478 e. The van der Waals surface area contributed by atoms with Gasteiger partial charge in [0.15, 0.2) is 5.82 Å². The number of carboxylic acid groups (broad SMARTS) is 1. The van der Waals surface area contributed by atoms with E-state index in [9.17, 15) is 14.3 Å². The average molecular weight is 413 g/mol. The fourth-order valence-corrected chi connectivity index (χ4v) is 4.08. The smallest absolute Gasteiger partial charge is 0.335 e. The van der Waals surface area contributed by atoms with Crippen LogP contribution in [0.2, 0.25) is 0 Å². The Bertz CT molecular complexity index is 1290. The summed E-state index contributed by atoms with van der Waals surface area (Å²) in [5, 5.41) is 9.39. The minimum Gasteiger partial charge on any atom is -0.478 e. The lowest BCUT2D eigenvalue weighted by atomic mass is 10.1. The third-order valence-corrected chi connectivity index (χ3v) is 5.63. The highest BCUT2D eigenvalue weighted by Gasteiger charge is 2.23. The number of anilines is 2. The highest BCUT2D eigenvalue weighted by Crippen LogP contribution is 2.37. The van der Waals surface area contributed by atoms with Crippen molar-refractivity contribution in [1.82, 2.24) is 9.97 Å². The van der Waals surface area contributed by atoms with Gasteiger partial charge in [-0.1, -0.05) is 18.2 Å². The van der Waals surface area contributed by atoms with E-state index in [1.807, 2.05) is 12.1 Å². The van der Waals surface area contributed by atoms with Crippen LogP contribution in [0.5, 0.6) is 0 Å². The topological polar surface area (TPSA) is 66.3 Å². The van der Waals surface area contributed by atoms with Gasteiger partial charge in [0.25, 0.3) is 0 Å². The van der Waals surface area contributed by atoms with Crippen molar-refractivity contribution in [2.75, 3.05) is 11.4 Å². The van der Waals surface area contributed by atoms with Crippen LogP contribution < -0.4 is 4.90 Å². The molecular weight excluding hydrogens is 393 g/mol. The molecule has 0 bridgehead atoms. The summed E-state index contributed by atoms with van der Waals surface area (Å²) in [6, 6.07) is 19.2. The van der Waals surface area contributed by atoms with Crippen molar-refractivity contribution in [3.05, 3.63) is 83.7 Å². The third-order valence-electron chi connectivity index (χ3n) is 5.63. The second-order valence-electron chi connectivity index (χ2n) is 7.65. The summed E-state index contributed by atoms with van der Waals surface area (Å²) in [6.07, 6.45) is 3.05. The summed E-state index contributed by atoms with van der Waals surface area (Å²) < 4.78 is 13.6. The van der Waals surface area contributed by atoms with Crippen LogP contribution in [0, 0.1) is 5.82 Å². The number of benzene rings is 3. The first-order valence-corrected chi connectivity index (χ1v) is 10.3. The van der Waals surface area contributed by atoms with Gasteiger partial charge < -0.3 is 10.0 Å². The molecule has 4 aromatic rings. The number of para-hydroxylation sites is 1. The Morgan fingerprint density at radius 3 is 2.55 bits per heavy atom. The number of halogens is 1. The lowest BCUT2D eigenvalue weighted by Gasteiger charge is -2.26. The molecule has 0 fully saturated rings. The van der Waals surface area contributed by atoms with Crippen LogP contribution in [-0.4, -0.2) is 27.6 Å². The molecule has 5 rings (SSSR count). The van der Waals surface area contributed by atoms with E-state index in [1.165, 1.54) is 23.8 Å². The van der Waals surface area contributed by atoms with Crippen molar-refractivity contribution >= 4 is 28.5 Å². The monoisotopic (exact) mass is 413 g/mol. The Kier molecular flexibility index (Phi) is 4.82. The molecule has 31 heavy (non-hydrogen) atoms.